The second-order valence-electron chi connectivity index (χ2n) is 19.4. The third-order valence-electron chi connectivity index (χ3n) is 13.2. The van der Waals surface area contributed by atoms with Gasteiger partial charge in [-0.2, -0.15) is 0 Å². The molecule has 13 rings (SSSR count). The Kier molecular flexibility index (Phi) is 11.2. The van der Waals surface area contributed by atoms with Crippen LogP contribution in [0.5, 0.6) is 0 Å². The van der Waals surface area contributed by atoms with Crippen LogP contribution in [0.2, 0.25) is 19.6 Å². The van der Waals surface area contributed by atoms with Gasteiger partial charge in [0.1, 0.15) is 5.58 Å². The first-order valence-corrected chi connectivity index (χ1v) is 26.9. The van der Waals surface area contributed by atoms with Crippen molar-refractivity contribution < 1.29 is 28.9 Å². The number of furan rings is 2. The van der Waals surface area contributed by atoms with E-state index in [1.807, 2.05) is 37.3 Å². The van der Waals surface area contributed by atoms with E-state index in [0.717, 1.165) is 95.2 Å². The van der Waals surface area contributed by atoms with Crippen LogP contribution in [0.15, 0.2) is 173 Å². The molecular weight excluding hydrogens is 1040 g/mol. The number of aromatic nitrogens is 4. The summed E-state index contributed by atoms with van der Waals surface area (Å²) in [5, 5.41) is 12.9. The fraction of sp³-hybridized carbons (Fsp3) is 0.131. The third-order valence-corrected chi connectivity index (χ3v) is 15.3. The van der Waals surface area contributed by atoms with Crippen molar-refractivity contribution in [2.45, 2.75) is 46.8 Å². The van der Waals surface area contributed by atoms with Crippen LogP contribution in [-0.2, 0) is 26.5 Å². The third kappa shape index (κ3) is 7.73. The molecule has 0 amide bonds. The molecule has 0 aliphatic heterocycles. The van der Waals surface area contributed by atoms with E-state index >= 15 is 0 Å². The summed E-state index contributed by atoms with van der Waals surface area (Å²) in [4.78, 5) is 14.5. The maximum Gasteiger partial charge on any atom is 0.216 e. The summed E-state index contributed by atoms with van der Waals surface area (Å²) in [7, 11) is -1.46. The standard InChI is InChI=1S/C37H21N2O.C24H27N2OSi.Ir/c1-2-10-25-22-26(18-16-23(25)8-1)39-34-15-6-5-14-33(34)38-37(39)32-13-7-12-29-31-21-20-28-27-11-4-3-9-24(27)17-19-30(28)35(31)40-36(29)32;1-15(2)12-17-13-21(25-14-22(17)28(4,5)6)20-9-7-8-18-19-11-10-16(3)26-24(19)27-23(18)20;/h1-12,14-22H;7-8,10-11,13-15H,12H2,1-6H3;/q2*-1;. The Balaban J connectivity index is 0.000000159. The number of pyridine rings is 2. The first-order chi connectivity index (χ1) is 33.1. The van der Waals surface area contributed by atoms with Crippen LogP contribution in [-0.4, -0.2) is 27.6 Å². The van der Waals surface area contributed by atoms with E-state index in [0.29, 0.717) is 11.6 Å². The molecule has 69 heavy (non-hydrogen) atoms. The Bertz CT molecular complexity index is 4120. The first kappa shape index (κ1) is 44.3. The van der Waals surface area contributed by atoms with Crippen LogP contribution in [0.1, 0.15) is 25.1 Å². The normalized spacial score (nSPS) is 12.0. The Morgan fingerprint density at radius 2 is 1.22 bits per heavy atom. The number of hydrogen-bond acceptors (Lipinski definition) is 5. The molecule has 13 aromatic rings. The van der Waals surface area contributed by atoms with Crippen LogP contribution in [0.4, 0.5) is 0 Å². The van der Waals surface area contributed by atoms with Crippen LogP contribution in [0.25, 0.3) is 116 Å². The monoisotopic (exact) mass is 1090 g/mol. The Labute approximate surface area is 415 Å². The van der Waals surface area contributed by atoms with Gasteiger partial charge in [-0.1, -0.05) is 158 Å². The van der Waals surface area contributed by atoms with Gasteiger partial charge in [-0.15, -0.1) is 36.4 Å². The van der Waals surface area contributed by atoms with Crippen molar-refractivity contribution in [3.63, 3.8) is 0 Å². The van der Waals surface area contributed by atoms with Gasteiger partial charge in [0.25, 0.3) is 0 Å². The average molecular weight is 1090 g/mol. The number of para-hydroxylation sites is 2. The largest absolute Gasteiger partial charge is 0.500 e. The van der Waals surface area contributed by atoms with Gasteiger partial charge in [0.15, 0.2) is 0 Å². The van der Waals surface area contributed by atoms with Crippen molar-refractivity contribution in [3.8, 4) is 28.3 Å². The van der Waals surface area contributed by atoms with E-state index < -0.39 is 8.07 Å². The van der Waals surface area contributed by atoms with Crippen molar-refractivity contribution in [1.29, 1.82) is 0 Å². The number of imidazole rings is 1. The van der Waals surface area contributed by atoms with Crippen molar-refractivity contribution in [3.05, 3.63) is 187 Å². The van der Waals surface area contributed by atoms with Gasteiger partial charge in [0, 0.05) is 53.8 Å². The molecule has 339 valence electrons. The van der Waals surface area contributed by atoms with Gasteiger partial charge in [0.05, 0.1) is 36.1 Å². The van der Waals surface area contributed by atoms with Crippen molar-refractivity contribution >= 4 is 101 Å². The van der Waals surface area contributed by atoms with Crippen LogP contribution in [0, 0.1) is 25.0 Å². The van der Waals surface area contributed by atoms with Gasteiger partial charge >= 0.3 is 0 Å². The molecule has 0 unspecified atom stereocenters. The van der Waals surface area contributed by atoms with E-state index in [9.17, 15) is 0 Å². The summed E-state index contributed by atoms with van der Waals surface area (Å²) < 4.78 is 15.2. The minimum Gasteiger partial charge on any atom is -0.500 e. The zero-order chi connectivity index (χ0) is 46.3. The molecule has 0 spiro atoms. The van der Waals surface area contributed by atoms with E-state index in [4.69, 9.17) is 18.8 Å². The van der Waals surface area contributed by atoms with Gasteiger partial charge in [-0.05, 0) is 93.5 Å². The number of fused-ring (bicyclic) bond motifs is 12. The molecule has 5 heterocycles. The molecule has 0 saturated heterocycles. The maximum atomic E-state index is 6.77. The molecule has 0 atom stereocenters. The average Bonchev–Trinajstić information content (AvgIpc) is 4.05. The number of nitrogens with zero attached hydrogens (tertiary/aromatic N) is 4. The molecule has 0 fully saturated rings. The molecule has 0 bridgehead atoms. The second-order valence-corrected chi connectivity index (χ2v) is 24.4. The summed E-state index contributed by atoms with van der Waals surface area (Å²) in [5.74, 6) is 1.42. The SMILES string of the molecule is Cc1ccc2c(n1)oc1c(-c3cc(CC(C)C)c([Si](C)(C)C)cn3)[c-]ccc12.[Ir].[c-]1ccc2c(oc3c2ccc2c4ccccc4ccc23)c1-c1nc2ccccc2n1-c1ccc2ccccc2c1. The van der Waals surface area contributed by atoms with Gasteiger partial charge in [-0.25, -0.2) is 4.98 Å². The molecule has 6 nitrogen and oxygen atoms in total. The molecule has 0 aliphatic rings. The maximum absolute atomic E-state index is 6.77. The van der Waals surface area contributed by atoms with Crippen molar-refractivity contribution in [2.24, 2.45) is 5.92 Å². The van der Waals surface area contributed by atoms with E-state index in [1.54, 1.807) is 0 Å². The molecule has 0 saturated carbocycles. The van der Waals surface area contributed by atoms with Gasteiger partial charge in [-0.3, -0.25) is 4.98 Å². The number of rotatable bonds is 6. The topological polar surface area (TPSA) is 69.9 Å². The Morgan fingerprint density at radius 1 is 0.580 bits per heavy atom. The summed E-state index contributed by atoms with van der Waals surface area (Å²) in [5.41, 5.74) is 11.3. The summed E-state index contributed by atoms with van der Waals surface area (Å²) >= 11 is 0. The quantitative estimate of drug-likeness (QED) is 0.0943. The number of benzene rings is 8. The molecular formula is C61H48IrN4O2Si-2. The molecule has 5 aromatic heterocycles. The molecule has 0 aliphatic carbocycles. The summed E-state index contributed by atoms with van der Waals surface area (Å²) in [6, 6.07) is 61.9. The van der Waals surface area contributed by atoms with Crippen molar-refractivity contribution in [2.75, 3.05) is 0 Å². The Hall–Kier alpha value is -7.22. The van der Waals surface area contributed by atoms with Gasteiger partial charge in [0.2, 0.25) is 5.71 Å². The second kappa shape index (κ2) is 17.4. The summed E-state index contributed by atoms with van der Waals surface area (Å²) in [6.45, 7) is 13.7. The molecule has 1 radical (unpaired) electrons. The number of aryl methyl sites for hydroxylation is 1. The fourth-order valence-corrected chi connectivity index (χ4v) is 11.6. The fourth-order valence-electron chi connectivity index (χ4n) is 10.0. The minimum absolute atomic E-state index is 0. The molecule has 8 heteroatoms. The zero-order valence-electron chi connectivity index (χ0n) is 39.3. The van der Waals surface area contributed by atoms with E-state index in [2.05, 4.69) is 189 Å². The first-order valence-electron chi connectivity index (χ1n) is 23.4. The Morgan fingerprint density at radius 3 is 2.03 bits per heavy atom. The van der Waals surface area contributed by atoms with E-state index in [-0.39, 0.29) is 20.1 Å². The molecule has 0 N–H and O–H groups in total. The molecule has 8 aromatic carbocycles. The van der Waals surface area contributed by atoms with Crippen LogP contribution >= 0.6 is 0 Å². The van der Waals surface area contributed by atoms with Gasteiger partial charge < -0.3 is 18.4 Å². The predicted molar refractivity (Wildman–Crippen MR) is 285 cm³/mol. The van der Waals surface area contributed by atoms with E-state index in [1.165, 1.54) is 37.7 Å². The zero-order valence-corrected chi connectivity index (χ0v) is 42.7. The minimum atomic E-state index is -1.46. The smallest absolute Gasteiger partial charge is 0.216 e. The van der Waals surface area contributed by atoms with Crippen molar-refractivity contribution in [1.82, 2.24) is 19.5 Å². The van der Waals surface area contributed by atoms with Crippen LogP contribution in [0.3, 0.4) is 0 Å². The number of hydrogen-bond donors (Lipinski definition) is 0. The van der Waals surface area contributed by atoms with Crippen LogP contribution < -0.4 is 5.19 Å². The summed E-state index contributed by atoms with van der Waals surface area (Å²) in [6.07, 6.45) is 3.16. The predicted octanol–water partition coefficient (Wildman–Crippen LogP) is 15.7.